The Morgan fingerprint density at radius 2 is 2.18 bits per heavy atom. The number of benzene rings is 1. The lowest BCUT2D eigenvalue weighted by atomic mass is 10.1. The van der Waals surface area contributed by atoms with E-state index in [-0.39, 0.29) is 10.6 Å². The first kappa shape index (κ1) is 12.0. The fourth-order valence-electron chi connectivity index (χ4n) is 2.22. The van der Waals surface area contributed by atoms with Crippen molar-refractivity contribution in [1.82, 2.24) is 5.32 Å². The van der Waals surface area contributed by atoms with Crippen molar-refractivity contribution in [2.45, 2.75) is 38.8 Å². The summed E-state index contributed by atoms with van der Waals surface area (Å²) < 4.78 is 0. The predicted molar refractivity (Wildman–Crippen MR) is 66.7 cm³/mol. The summed E-state index contributed by atoms with van der Waals surface area (Å²) in [6, 6.07) is 7.46. The highest BCUT2D eigenvalue weighted by molar-refractivity contribution is 5.39. The molecule has 1 fully saturated rings. The van der Waals surface area contributed by atoms with Gasteiger partial charge in [0.15, 0.2) is 0 Å². The van der Waals surface area contributed by atoms with Gasteiger partial charge in [-0.25, -0.2) is 0 Å². The maximum Gasteiger partial charge on any atom is 0.273 e. The number of rotatable bonds is 6. The van der Waals surface area contributed by atoms with E-state index in [4.69, 9.17) is 0 Å². The number of nitro benzene ring substituents is 1. The van der Waals surface area contributed by atoms with E-state index in [1.165, 1.54) is 12.8 Å². The molecule has 1 aromatic carbocycles. The van der Waals surface area contributed by atoms with Crippen molar-refractivity contribution in [2.75, 3.05) is 0 Å². The third-order valence-corrected chi connectivity index (χ3v) is 3.37. The fourth-order valence-corrected chi connectivity index (χ4v) is 2.22. The van der Waals surface area contributed by atoms with Crippen molar-refractivity contribution in [3.63, 3.8) is 0 Å². The Bertz CT molecular complexity index is 402. The summed E-state index contributed by atoms with van der Waals surface area (Å²) in [6.07, 6.45) is 3.68. The second-order valence-corrected chi connectivity index (χ2v) is 4.62. The molecule has 2 rings (SSSR count). The second kappa shape index (κ2) is 5.27. The molecule has 17 heavy (non-hydrogen) atoms. The highest BCUT2D eigenvalue weighted by Crippen LogP contribution is 2.34. The van der Waals surface area contributed by atoms with Crippen LogP contribution in [0.5, 0.6) is 0 Å². The summed E-state index contributed by atoms with van der Waals surface area (Å²) in [5.41, 5.74) is 0.988. The molecule has 1 aliphatic rings. The van der Waals surface area contributed by atoms with Crippen LogP contribution < -0.4 is 5.32 Å². The van der Waals surface area contributed by atoms with Crippen molar-refractivity contribution in [1.29, 1.82) is 0 Å². The van der Waals surface area contributed by atoms with E-state index in [1.54, 1.807) is 12.1 Å². The summed E-state index contributed by atoms with van der Waals surface area (Å²) in [5.74, 6) is 0.780. The van der Waals surface area contributed by atoms with E-state index in [0.717, 1.165) is 17.9 Å². The van der Waals surface area contributed by atoms with Gasteiger partial charge < -0.3 is 5.32 Å². The van der Waals surface area contributed by atoms with Crippen LogP contribution in [0, 0.1) is 16.0 Å². The Labute approximate surface area is 101 Å². The van der Waals surface area contributed by atoms with E-state index in [9.17, 15) is 10.1 Å². The molecule has 0 aliphatic heterocycles. The minimum Gasteiger partial charge on any atom is -0.309 e. The minimum atomic E-state index is -0.310. The number of nitrogens with zero attached hydrogens (tertiary/aromatic N) is 1. The summed E-state index contributed by atoms with van der Waals surface area (Å²) >= 11 is 0. The summed E-state index contributed by atoms with van der Waals surface area (Å²) in [4.78, 5) is 10.5. The van der Waals surface area contributed by atoms with E-state index >= 15 is 0 Å². The molecule has 0 spiro atoms. The van der Waals surface area contributed by atoms with Gasteiger partial charge in [-0.3, -0.25) is 10.1 Å². The first-order valence-corrected chi connectivity index (χ1v) is 6.18. The molecule has 1 aromatic rings. The highest BCUT2D eigenvalue weighted by Gasteiger charge is 2.29. The summed E-state index contributed by atoms with van der Waals surface area (Å²) in [7, 11) is 0. The molecule has 92 valence electrons. The van der Waals surface area contributed by atoms with Gasteiger partial charge in [-0.15, -0.1) is 0 Å². The summed E-state index contributed by atoms with van der Waals surface area (Å²) in [6.45, 7) is 2.75. The van der Waals surface area contributed by atoms with Crippen LogP contribution in [0.2, 0.25) is 0 Å². The second-order valence-electron chi connectivity index (χ2n) is 4.62. The number of nitro groups is 1. The molecule has 0 bridgehead atoms. The van der Waals surface area contributed by atoms with Gasteiger partial charge in [0, 0.05) is 24.2 Å². The minimum absolute atomic E-state index is 0.214. The molecular formula is C13H18N2O2. The Morgan fingerprint density at radius 3 is 2.76 bits per heavy atom. The molecule has 1 atom stereocenters. The van der Waals surface area contributed by atoms with E-state index in [1.807, 2.05) is 12.1 Å². The maximum absolute atomic E-state index is 10.9. The van der Waals surface area contributed by atoms with Gasteiger partial charge in [0.25, 0.3) is 5.69 Å². The van der Waals surface area contributed by atoms with E-state index in [2.05, 4.69) is 12.2 Å². The standard InChI is InChI=1S/C13H18N2O2/c1-2-12(10-7-8-10)14-9-11-5-3-4-6-13(11)15(16)17/h3-6,10,12,14H,2,7-9H2,1H3. The lowest BCUT2D eigenvalue weighted by molar-refractivity contribution is -0.385. The zero-order valence-electron chi connectivity index (χ0n) is 10.1. The molecule has 1 aliphatic carbocycles. The predicted octanol–water partition coefficient (Wildman–Crippen LogP) is 2.87. The fraction of sp³-hybridized carbons (Fsp3) is 0.538. The lowest BCUT2D eigenvalue weighted by Gasteiger charge is -2.15. The SMILES string of the molecule is CCC(NCc1ccccc1[N+](=O)[O-])C1CC1. The van der Waals surface area contributed by atoms with Crippen molar-refractivity contribution in [2.24, 2.45) is 5.92 Å². The van der Waals surface area contributed by atoms with Crippen LogP contribution in [-0.2, 0) is 6.54 Å². The third kappa shape index (κ3) is 3.03. The van der Waals surface area contributed by atoms with Gasteiger partial charge in [0.05, 0.1) is 4.92 Å². The molecule has 0 saturated heterocycles. The quantitative estimate of drug-likeness (QED) is 0.608. The van der Waals surface area contributed by atoms with Crippen LogP contribution in [0.1, 0.15) is 31.7 Å². The van der Waals surface area contributed by atoms with Crippen molar-refractivity contribution < 1.29 is 4.92 Å². The normalized spacial score (nSPS) is 16.8. The first-order valence-electron chi connectivity index (χ1n) is 6.18. The first-order chi connectivity index (χ1) is 8.22. The van der Waals surface area contributed by atoms with Gasteiger partial charge in [0.2, 0.25) is 0 Å². The zero-order chi connectivity index (χ0) is 12.3. The monoisotopic (exact) mass is 234 g/mol. The Morgan fingerprint density at radius 1 is 1.47 bits per heavy atom. The van der Waals surface area contributed by atoms with E-state index < -0.39 is 0 Å². The van der Waals surface area contributed by atoms with Crippen LogP contribution >= 0.6 is 0 Å². The third-order valence-electron chi connectivity index (χ3n) is 3.37. The van der Waals surface area contributed by atoms with Gasteiger partial charge in [-0.1, -0.05) is 25.1 Å². The highest BCUT2D eigenvalue weighted by atomic mass is 16.6. The van der Waals surface area contributed by atoms with Crippen LogP contribution in [0.3, 0.4) is 0 Å². The topological polar surface area (TPSA) is 55.2 Å². The largest absolute Gasteiger partial charge is 0.309 e. The molecule has 4 nitrogen and oxygen atoms in total. The number of para-hydroxylation sites is 1. The van der Waals surface area contributed by atoms with Crippen molar-refractivity contribution in [3.8, 4) is 0 Å². The molecular weight excluding hydrogens is 216 g/mol. The molecule has 1 unspecified atom stereocenters. The van der Waals surface area contributed by atoms with Gasteiger partial charge in [-0.2, -0.15) is 0 Å². The lowest BCUT2D eigenvalue weighted by Crippen LogP contribution is -2.30. The molecule has 0 radical (unpaired) electrons. The van der Waals surface area contributed by atoms with Crippen LogP contribution in [-0.4, -0.2) is 11.0 Å². The van der Waals surface area contributed by atoms with Gasteiger partial charge in [-0.05, 0) is 25.2 Å². The number of hydrogen-bond acceptors (Lipinski definition) is 3. The zero-order valence-corrected chi connectivity index (χ0v) is 10.1. The van der Waals surface area contributed by atoms with Crippen molar-refractivity contribution >= 4 is 5.69 Å². The van der Waals surface area contributed by atoms with Crippen LogP contribution in [0.4, 0.5) is 5.69 Å². The van der Waals surface area contributed by atoms with Crippen molar-refractivity contribution in [3.05, 3.63) is 39.9 Å². The summed E-state index contributed by atoms with van der Waals surface area (Å²) in [5, 5.41) is 14.3. The molecule has 0 heterocycles. The molecule has 0 amide bonds. The maximum atomic E-state index is 10.9. The van der Waals surface area contributed by atoms with Crippen LogP contribution in [0.15, 0.2) is 24.3 Å². The molecule has 1 N–H and O–H groups in total. The van der Waals surface area contributed by atoms with Crippen LogP contribution in [0.25, 0.3) is 0 Å². The molecule has 4 heteroatoms. The Hall–Kier alpha value is -1.42. The van der Waals surface area contributed by atoms with Gasteiger partial charge >= 0.3 is 0 Å². The van der Waals surface area contributed by atoms with E-state index in [0.29, 0.717) is 12.6 Å². The average molecular weight is 234 g/mol. The van der Waals surface area contributed by atoms with Gasteiger partial charge in [0.1, 0.15) is 0 Å². The number of nitrogens with one attached hydrogen (secondary N) is 1. The number of hydrogen-bond donors (Lipinski definition) is 1. The molecule has 1 saturated carbocycles. The Balaban J connectivity index is 2.00. The molecule has 0 aromatic heterocycles. The average Bonchev–Trinajstić information content (AvgIpc) is 3.14. The smallest absolute Gasteiger partial charge is 0.273 e. The Kier molecular flexibility index (Phi) is 3.74.